The molecule has 2 aromatic rings. The van der Waals surface area contributed by atoms with Crippen molar-refractivity contribution in [2.45, 2.75) is 0 Å². The van der Waals surface area contributed by atoms with Gasteiger partial charge in [-0.3, -0.25) is 0 Å². The molecule has 0 heterocycles. The third kappa shape index (κ3) is 2.33. The lowest BCUT2D eigenvalue weighted by molar-refractivity contribution is 1.65. The summed E-state index contributed by atoms with van der Waals surface area (Å²) in [5, 5.41) is 0. The Labute approximate surface area is 85.9 Å². The zero-order chi connectivity index (χ0) is 10.5. The maximum atomic E-state index is 7.69. The predicted molar refractivity (Wildman–Crippen MR) is 61.8 cm³/mol. The predicted octanol–water partition coefficient (Wildman–Crippen LogP) is 3.86. The number of hydrogen-bond donors (Lipinski definition) is 0. The standard InChI is InChI=1S/C14H12/c1-3-7-13(8-4-1)11-12-14-9-5-2-6-10-14/h1-12H/i7D. The topological polar surface area (TPSA) is 0 Å². The van der Waals surface area contributed by atoms with E-state index < -0.39 is 0 Å². The van der Waals surface area contributed by atoms with Gasteiger partial charge in [0.25, 0.3) is 0 Å². The zero-order valence-corrected chi connectivity index (χ0v) is 7.85. The van der Waals surface area contributed by atoms with Gasteiger partial charge in [0, 0.05) is 0 Å². The third-order valence-electron chi connectivity index (χ3n) is 1.99. The molecular formula is C14H12. The van der Waals surface area contributed by atoms with Crippen LogP contribution < -0.4 is 0 Å². The maximum absolute atomic E-state index is 7.69. The first-order valence-corrected chi connectivity index (χ1v) is 4.65. The van der Waals surface area contributed by atoms with E-state index in [1.54, 1.807) is 6.07 Å². The van der Waals surface area contributed by atoms with Crippen molar-refractivity contribution in [3.63, 3.8) is 0 Å². The van der Waals surface area contributed by atoms with Gasteiger partial charge in [0.15, 0.2) is 0 Å². The second-order valence-corrected chi connectivity index (χ2v) is 3.06. The van der Waals surface area contributed by atoms with Gasteiger partial charge >= 0.3 is 0 Å². The second kappa shape index (κ2) is 4.43. The van der Waals surface area contributed by atoms with E-state index in [0.717, 1.165) is 11.1 Å². The van der Waals surface area contributed by atoms with Gasteiger partial charge < -0.3 is 0 Å². The van der Waals surface area contributed by atoms with Crippen LogP contribution in [-0.2, 0) is 0 Å². The molecule has 0 N–H and O–H groups in total. The molecule has 0 heteroatoms. The average Bonchev–Trinajstić information content (AvgIpc) is 2.29. The molecule has 0 atom stereocenters. The van der Waals surface area contributed by atoms with Crippen molar-refractivity contribution in [1.29, 1.82) is 0 Å². The molecule has 0 aromatic heterocycles. The molecular weight excluding hydrogens is 168 g/mol. The molecule has 0 spiro atoms. The quantitative estimate of drug-likeness (QED) is 0.617. The van der Waals surface area contributed by atoms with Crippen LogP contribution in [-0.4, -0.2) is 0 Å². The van der Waals surface area contributed by atoms with Crippen LogP contribution >= 0.6 is 0 Å². The van der Waals surface area contributed by atoms with Crippen LogP contribution in [0.15, 0.2) is 60.6 Å². The van der Waals surface area contributed by atoms with E-state index in [1.807, 2.05) is 60.7 Å². The van der Waals surface area contributed by atoms with Gasteiger partial charge in [0.2, 0.25) is 0 Å². The van der Waals surface area contributed by atoms with Crippen LogP contribution in [0.2, 0.25) is 0 Å². The van der Waals surface area contributed by atoms with E-state index in [-0.39, 0.29) is 0 Å². The molecule has 0 unspecified atom stereocenters. The lowest BCUT2D eigenvalue weighted by atomic mass is 10.1. The van der Waals surface area contributed by atoms with Crippen molar-refractivity contribution in [3.8, 4) is 0 Å². The molecule has 0 fully saturated rings. The van der Waals surface area contributed by atoms with E-state index >= 15 is 0 Å². The minimum absolute atomic E-state index is 0.560. The van der Waals surface area contributed by atoms with Crippen LogP contribution in [0.4, 0.5) is 0 Å². The summed E-state index contributed by atoms with van der Waals surface area (Å²) >= 11 is 0. The van der Waals surface area contributed by atoms with Crippen molar-refractivity contribution in [3.05, 3.63) is 71.8 Å². The molecule has 14 heavy (non-hydrogen) atoms. The highest BCUT2D eigenvalue weighted by atomic mass is 13.9. The highest BCUT2D eigenvalue weighted by molar-refractivity contribution is 5.69. The molecule has 0 radical (unpaired) electrons. The molecule has 0 bridgehead atoms. The highest BCUT2D eigenvalue weighted by Crippen LogP contribution is 2.06. The molecule has 0 amide bonds. The monoisotopic (exact) mass is 181 g/mol. The smallest absolute Gasteiger partial charge is 0.0622 e. The molecule has 2 aromatic carbocycles. The summed E-state index contributed by atoms with van der Waals surface area (Å²) < 4.78 is 7.69. The summed E-state index contributed by atoms with van der Waals surface area (Å²) in [5.74, 6) is 0. The summed E-state index contributed by atoms with van der Waals surface area (Å²) in [6.45, 7) is 0. The second-order valence-electron chi connectivity index (χ2n) is 3.06. The zero-order valence-electron chi connectivity index (χ0n) is 8.85. The summed E-state index contributed by atoms with van der Waals surface area (Å²) in [5.41, 5.74) is 2.10. The van der Waals surface area contributed by atoms with Gasteiger partial charge in [-0.1, -0.05) is 72.8 Å². The lowest BCUT2D eigenvalue weighted by Gasteiger charge is -1.92. The summed E-state index contributed by atoms with van der Waals surface area (Å²) in [6.07, 6.45) is 3.99. The average molecular weight is 181 g/mol. The Balaban J connectivity index is 2.23. The minimum Gasteiger partial charge on any atom is -0.0622 e. The lowest BCUT2D eigenvalue weighted by Crippen LogP contribution is -1.70. The largest absolute Gasteiger partial charge is 0.0629 e. The first-order chi connectivity index (χ1) is 7.36. The van der Waals surface area contributed by atoms with E-state index in [2.05, 4.69) is 0 Å². The van der Waals surface area contributed by atoms with E-state index in [4.69, 9.17) is 1.37 Å². The molecule has 0 nitrogen and oxygen atoms in total. The Morgan fingerprint density at radius 3 is 2.00 bits per heavy atom. The van der Waals surface area contributed by atoms with Crippen LogP contribution in [0.25, 0.3) is 12.2 Å². The Kier molecular flexibility index (Phi) is 2.39. The molecule has 68 valence electrons. The van der Waals surface area contributed by atoms with E-state index in [0.29, 0.717) is 6.04 Å². The van der Waals surface area contributed by atoms with Crippen LogP contribution in [0.5, 0.6) is 0 Å². The van der Waals surface area contributed by atoms with Gasteiger partial charge in [-0.25, -0.2) is 0 Å². The van der Waals surface area contributed by atoms with Crippen molar-refractivity contribution >= 4 is 12.2 Å². The van der Waals surface area contributed by atoms with Crippen molar-refractivity contribution in [1.82, 2.24) is 0 Å². The van der Waals surface area contributed by atoms with Crippen molar-refractivity contribution in [2.75, 3.05) is 0 Å². The molecule has 0 saturated heterocycles. The Bertz CT molecular complexity index is 458. The SMILES string of the molecule is [2H]c1ccccc1C=Cc1ccccc1. The third-order valence-corrected chi connectivity index (χ3v) is 1.99. The molecule has 2 rings (SSSR count). The first kappa shape index (κ1) is 7.57. The summed E-state index contributed by atoms with van der Waals surface area (Å²) in [4.78, 5) is 0. The first-order valence-electron chi connectivity index (χ1n) is 5.15. The Morgan fingerprint density at radius 1 is 0.714 bits per heavy atom. The Morgan fingerprint density at radius 2 is 1.29 bits per heavy atom. The van der Waals surface area contributed by atoms with Gasteiger partial charge in [-0.05, 0) is 11.1 Å². The molecule has 0 aliphatic carbocycles. The van der Waals surface area contributed by atoms with Gasteiger partial charge in [-0.2, -0.15) is 0 Å². The van der Waals surface area contributed by atoms with Gasteiger partial charge in [0.05, 0.1) is 1.37 Å². The fourth-order valence-electron chi connectivity index (χ4n) is 1.26. The van der Waals surface area contributed by atoms with E-state index in [9.17, 15) is 0 Å². The fourth-order valence-corrected chi connectivity index (χ4v) is 1.26. The molecule has 0 aliphatic rings. The minimum atomic E-state index is 0.560. The van der Waals surface area contributed by atoms with Gasteiger partial charge in [-0.15, -0.1) is 0 Å². The number of benzene rings is 2. The molecule has 0 saturated carbocycles. The number of hydrogen-bond acceptors (Lipinski definition) is 0. The van der Waals surface area contributed by atoms with Crippen molar-refractivity contribution in [2.24, 2.45) is 0 Å². The maximum Gasteiger partial charge on any atom is 0.0629 e. The van der Waals surface area contributed by atoms with Crippen molar-refractivity contribution < 1.29 is 1.37 Å². The van der Waals surface area contributed by atoms with Crippen LogP contribution in [0.3, 0.4) is 0 Å². The van der Waals surface area contributed by atoms with Crippen LogP contribution in [0, 0.1) is 0 Å². The van der Waals surface area contributed by atoms with Gasteiger partial charge in [0.1, 0.15) is 0 Å². The number of rotatable bonds is 2. The Hall–Kier alpha value is -1.82. The molecule has 0 aliphatic heterocycles. The summed E-state index contributed by atoms with van der Waals surface area (Å²) in [6, 6.07) is 18.2. The summed E-state index contributed by atoms with van der Waals surface area (Å²) in [7, 11) is 0. The fraction of sp³-hybridized carbons (Fsp3) is 0. The normalized spacial score (nSPS) is 11.6. The highest BCUT2D eigenvalue weighted by Gasteiger charge is 1.84. The van der Waals surface area contributed by atoms with E-state index in [1.165, 1.54) is 0 Å². The van der Waals surface area contributed by atoms with Crippen LogP contribution in [0.1, 0.15) is 12.5 Å².